The van der Waals surface area contributed by atoms with E-state index in [9.17, 15) is 0 Å². The van der Waals surface area contributed by atoms with Crippen LogP contribution < -0.4 is 4.90 Å². The van der Waals surface area contributed by atoms with Crippen LogP contribution in [0.15, 0.2) is 235 Å². The second-order valence-electron chi connectivity index (χ2n) is 15.7. The van der Waals surface area contributed by atoms with Crippen molar-refractivity contribution < 1.29 is 4.42 Å². The highest BCUT2D eigenvalue weighted by Crippen LogP contribution is 2.43. The summed E-state index contributed by atoms with van der Waals surface area (Å²) >= 11 is 0. The highest BCUT2D eigenvalue weighted by atomic mass is 16.3. The first-order chi connectivity index (χ1) is 30.2. The van der Waals surface area contributed by atoms with Gasteiger partial charge in [-0.05, 0) is 117 Å². The van der Waals surface area contributed by atoms with Gasteiger partial charge in [0.1, 0.15) is 11.2 Å². The lowest BCUT2D eigenvalue weighted by atomic mass is 9.96. The van der Waals surface area contributed by atoms with E-state index >= 15 is 0 Å². The zero-order chi connectivity index (χ0) is 40.3. The fourth-order valence-corrected chi connectivity index (χ4v) is 9.35. The number of furan rings is 1. The fraction of sp³-hybridized carbons (Fsp3) is 0. The molecule has 61 heavy (non-hydrogen) atoms. The maximum Gasteiger partial charge on any atom is 0.135 e. The fourth-order valence-electron chi connectivity index (χ4n) is 9.35. The number of hydrogen-bond donors (Lipinski definition) is 0. The number of rotatable bonds is 7. The zero-order valence-corrected chi connectivity index (χ0v) is 33.2. The van der Waals surface area contributed by atoms with E-state index in [1.54, 1.807) is 0 Å². The van der Waals surface area contributed by atoms with E-state index < -0.39 is 0 Å². The maximum atomic E-state index is 6.21. The maximum absolute atomic E-state index is 6.21. The molecule has 0 spiro atoms. The lowest BCUT2D eigenvalue weighted by Gasteiger charge is -2.26. The van der Waals surface area contributed by atoms with Crippen LogP contribution in [-0.2, 0) is 0 Å². The number of anilines is 3. The van der Waals surface area contributed by atoms with Gasteiger partial charge in [-0.25, -0.2) is 0 Å². The molecule has 0 atom stereocenters. The molecule has 0 saturated carbocycles. The van der Waals surface area contributed by atoms with Gasteiger partial charge in [0.25, 0.3) is 0 Å². The SMILES string of the molecule is c1ccc(N(c2ccc(-c3ccc(-c4cccc5ccccc45)cc3)cc2)c2cccc(-c3cccc4c3c3ccccc3n4-c3ccc4oc5ccccc5c4c3)c2)cc1. The predicted molar refractivity (Wildman–Crippen MR) is 257 cm³/mol. The molecule has 3 nitrogen and oxygen atoms in total. The smallest absolute Gasteiger partial charge is 0.135 e. The van der Waals surface area contributed by atoms with Crippen LogP contribution in [0.25, 0.3) is 93.6 Å². The van der Waals surface area contributed by atoms with Crippen molar-refractivity contribution in [2.45, 2.75) is 0 Å². The van der Waals surface area contributed by atoms with Gasteiger partial charge in [0.05, 0.1) is 11.0 Å². The normalized spacial score (nSPS) is 11.6. The number of hydrogen-bond acceptors (Lipinski definition) is 2. The van der Waals surface area contributed by atoms with Crippen LogP contribution in [0.4, 0.5) is 17.1 Å². The summed E-state index contributed by atoms with van der Waals surface area (Å²) in [5.74, 6) is 0. The van der Waals surface area contributed by atoms with E-state index in [4.69, 9.17) is 4.42 Å². The van der Waals surface area contributed by atoms with Gasteiger partial charge < -0.3 is 13.9 Å². The van der Waals surface area contributed by atoms with Gasteiger partial charge in [0, 0.05) is 44.3 Å². The first-order valence-corrected chi connectivity index (χ1v) is 20.8. The highest BCUT2D eigenvalue weighted by Gasteiger charge is 2.19. The Morgan fingerprint density at radius 2 is 0.918 bits per heavy atom. The number of benzene rings is 10. The topological polar surface area (TPSA) is 21.3 Å². The molecule has 286 valence electrons. The third-order valence-electron chi connectivity index (χ3n) is 12.2. The molecule has 0 fully saturated rings. The summed E-state index contributed by atoms with van der Waals surface area (Å²) in [4.78, 5) is 2.35. The molecule has 0 aliphatic rings. The molecule has 2 aromatic heterocycles. The third kappa shape index (κ3) is 5.90. The summed E-state index contributed by atoms with van der Waals surface area (Å²) < 4.78 is 8.61. The molecule has 0 radical (unpaired) electrons. The van der Waals surface area contributed by atoms with Gasteiger partial charge in [0.15, 0.2) is 0 Å². The summed E-state index contributed by atoms with van der Waals surface area (Å²) in [7, 11) is 0. The number of para-hydroxylation sites is 3. The minimum absolute atomic E-state index is 0.896. The molecule has 0 unspecified atom stereocenters. The Balaban J connectivity index is 0.932. The summed E-state index contributed by atoms with van der Waals surface area (Å²) in [6.45, 7) is 0. The Morgan fingerprint density at radius 3 is 1.77 bits per heavy atom. The molecule has 3 heteroatoms. The van der Waals surface area contributed by atoms with Crippen molar-refractivity contribution in [2.75, 3.05) is 4.90 Å². The first-order valence-electron chi connectivity index (χ1n) is 20.8. The average molecular weight is 779 g/mol. The first kappa shape index (κ1) is 34.9. The van der Waals surface area contributed by atoms with Crippen molar-refractivity contribution in [2.24, 2.45) is 0 Å². The minimum Gasteiger partial charge on any atom is -0.456 e. The Morgan fingerprint density at radius 1 is 0.328 bits per heavy atom. The highest BCUT2D eigenvalue weighted by molar-refractivity contribution is 6.16. The van der Waals surface area contributed by atoms with Crippen LogP contribution in [0.2, 0.25) is 0 Å². The van der Waals surface area contributed by atoms with E-state index in [2.05, 4.69) is 228 Å². The van der Waals surface area contributed by atoms with Crippen LogP contribution in [0, 0.1) is 0 Å². The van der Waals surface area contributed by atoms with Gasteiger partial charge in [-0.3, -0.25) is 0 Å². The molecule has 0 bridgehead atoms. The summed E-state index contributed by atoms with van der Waals surface area (Å²) in [5.41, 5.74) is 15.7. The molecule has 10 aromatic carbocycles. The van der Waals surface area contributed by atoms with Crippen molar-refractivity contribution in [1.29, 1.82) is 0 Å². The second kappa shape index (κ2) is 14.3. The standard InChI is InChI=1S/C58H38N2O/c1-2-16-44(17-3-1)59(45-33-31-40(32-34-45)39-27-29-42(30-28-39)49-22-11-14-41-13-4-5-19-48(41)49)46-18-10-15-43(37-46)50-23-12-25-55-58(50)52-21-6-8-24-54(52)60(55)47-35-36-57-53(38-47)51-20-7-9-26-56(51)61-57/h1-38H. The second-order valence-corrected chi connectivity index (χ2v) is 15.7. The van der Waals surface area contributed by atoms with Crippen molar-refractivity contribution in [3.8, 4) is 39.1 Å². The van der Waals surface area contributed by atoms with Crippen LogP contribution in [0.5, 0.6) is 0 Å². The molecule has 0 amide bonds. The largest absolute Gasteiger partial charge is 0.456 e. The molecule has 2 heterocycles. The van der Waals surface area contributed by atoms with Crippen molar-refractivity contribution in [3.63, 3.8) is 0 Å². The molecule has 12 rings (SSSR count). The molecular weight excluding hydrogens is 741 g/mol. The molecule has 0 N–H and O–H groups in total. The van der Waals surface area contributed by atoms with Crippen LogP contribution in [0.1, 0.15) is 0 Å². The summed E-state index contributed by atoms with van der Waals surface area (Å²) in [6.07, 6.45) is 0. The molecule has 12 aromatic rings. The number of nitrogens with zero attached hydrogens (tertiary/aromatic N) is 2. The van der Waals surface area contributed by atoms with Crippen LogP contribution in [0.3, 0.4) is 0 Å². The van der Waals surface area contributed by atoms with Gasteiger partial charge in [0.2, 0.25) is 0 Å². The van der Waals surface area contributed by atoms with E-state index in [1.807, 2.05) is 12.1 Å². The van der Waals surface area contributed by atoms with E-state index in [0.29, 0.717) is 0 Å². The van der Waals surface area contributed by atoms with Crippen LogP contribution in [-0.4, -0.2) is 4.57 Å². The van der Waals surface area contributed by atoms with Gasteiger partial charge >= 0.3 is 0 Å². The Bertz CT molecular complexity index is 3570. The van der Waals surface area contributed by atoms with E-state index in [1.165, 1.54) is 54.9 Å². The van der Waals surface area contributed by atoms with Crippen molar-refractivity contribution in [1.82, 2.24) is 4.57 Å². The Labute approximate surface area is 353 Å². The number of fused-ring (bicyclic) bond motifs is 7. The van der Waals surface area contributed by atoms with E-state index in [-0.39, 0.29) is 0 Å². The summed E-state index contributed by atoms with van der Waals surface area (Å²) in [6, 6.07) is 82.9. The molecular formula is C58H38N2O. The zero-order valence-electron chi connectivity index (χ0n) is 33.2. The quantitative estimate of drug-likeness (QED) is 0.161. The monoisotopic (exact) mass is 778 g/mol. The number of aromatic nitrogens is 1. The van der Waals surface area contributed by atoms with Crippen LogP contribution >= 0.6 is 0 Å². The predicted octanol–water partition coefficient (Wildman–Crippen LogP) is 16.3. The average Bonchev–Trinajstić information content (AvgIpc) is 3.88. The Kier molecular flexibility index (Phi) is 8.17. The molecule has 0 aliphatic carbocycles. The lowest BCUT2D eigenvalue weighted by Crippen LogP contribution is -2.09. The van der Waals surface area contributed by atoms with E-state index in [0.717, 1.165) is 55.8 Å². The lowest BCUT2D eigenvalue weighted by molar-refractivity contribution is 0.669. The molecule has 0 aliphatic heterocycles. The van der Waals surface area contributed by atoms with Crippen molar-refractivity contribution in [3.05, 3.63) is 231 Å². The van der Waals surface area contributed by atoms with Crippen molar-refractivity contribution >= 4 is 71.6 Å². The van der Waals surface area contributed by atoms with Gasteiger partial charge in [-0.15, -0.1) is 0 Å². The Hall–Kier alpha value is -8.14. The minimum atomic E-state index is 0.896. The van der Waals surface area contributed by atoms with Gasteiger partial charge in [-0.1, -0.05) is 158 Å². The summed E-state index contributed by atoms with van der Waals surface area (Å²) in [5, 5.41) is 7.22. The third-order valence-corrected chi connectivity index (χ3v) is 12.2. The van der Waals surface area contributed by atoms with Gasteiger partial charge in [-0.2, -0.15) is 0 Å². The molecule has 0 saturated heterocycles.